The smallest absolute Gasteiger partial charge is 0.281 e. The molecule has 2 N–H and O–H groups in total. The van der Waals surface area contributed by atoms with E-state index in [0.29, 0.717) is 39.0 Å². The number of aliphatic hydroxyl groups is 1. The largest absolute Gasteiger partial charge is 0.372 e. The second-order valence-corrected chi connectivity index (χ2v) is 9.65. The molecule has 194 valence electrons. The quantitative estimate of drug-likeness (QED) is 0.175. The Balaban J connectivity index is 1.46. The van der Waals surface area contributed by atoms with E-state index < -0.39 is 11.5 Å². The van der Waals surface area contributed by atoms with Crippen molar-refractivity contribution in [3.8, 4) is 11.3 Å². The molecule has 0 saturated carbocycles. The maximum atomic E-state index is 13.4. The van der Waals surface area contributed by atoms with Gasteiger partial charge in [-0.15, -0.1) is 0 Å². The Bertz CT molecular complexity index is 1540. The van der Waals surface area contributed by atoms with Gasteiger partial charge in [0.05, 0.1) is 12.8 Å². The van der Waals surface area contributed by atoms with Gasteiger partial charge in [-0.05, 0) is 23.3 Å². The van der Waals surface area contributed by atoms with E-state index in [2.05, 4.69) is 10.5 Å². The van der Waals surface area contributed by atoms with Crippen LogP contribution >= 0.6 is 23.2 Å². The molecule has 4 aromatic carbocycles. The van der Waals surface area contributed by atoms with Gasteiger partial charge in [0.1, 0.15) is 5.69 Å². The lowest BCUT2D eigenvalue weighted by Gasteiger charge is -2.27. The number of nitrogens with one attached hydrogen (secondary N) is 1. The number of carbonyl (C=O) groups is 1. The SMILES string of the molecule is O=C(N/N=C\c1cn(Cc2c(Cl)cccc2Cl)nc1-c1ccccc1)C(O)(c1ccccc1)c1ccccc1. The fourth-order valence-electron chi connectivity index (χ4n) is 4.31. The van der Waals surface area contributed by atoms with Crippen LogP contribution in [0.3, 0.4) is 0 Å². The summed E-state index contributed by atoms with van der Waals surface area (Å²) >= 11 is 12.8. The molecule has 8 heteroatoms. The second kappa shape index (κ2) is 11.7. The van der Waals surface area contributed by atoms with Crippen LogP contribution in [-0.2, 0) is 16.9 Å². The number of nitrogens with zero attached hydrogens (tertiary/aromatic N) is 3. The van der Waals surface area contributed by atoms with Gasteiger partial charge in [-0.1, -0.05) is 120 Å². The Morgan fingerprint density at radius 1 is 0.846 bits per heavy atom. The highest BCUT2D eigenvalue weighted by Gasteiger charge is 2.39. The van der Waals surface area contributed by atoms with E-state index in [1.165, 1.54) is 6.21 Å². The van der Waals surface area contributed by atoms with Gasteiger partial charge >= 0.3 is 0 Å². The first-order valence-electron chi connectivity index (χ1n) is 12.2. The summed E-state index contributed by atoms with van der Waals surface area (Å²) in [7, 11) is 0. The minimum Gasteiger partial charge on any atom is -0.372 e. The van der Waals surface area contributed by atoms with Crippen LogP contribution in [0.5, 0.6) is 0 Å². The summed E-state index contributed by atoms with van der Waals surface area (Å²) in [5, 5.41) is 21.7. The van der Waals surface area contributed by atoms with Crippen LogP contribution in [0.15, 0.2) is 120 Å². The molecular formula is C31H24Cl2N4O2. The molecule has 0 aliphatic heterocycles. The third-order valence-electron chi connectivity index (χ3n) is 6.30. The molecule has 0 unspecified atom stereocenters. The van der Waals surface area contributed by atoms with Gasteiger partial charge in [-0.25, -0.2) is 5.43 Å². The molecule has 0 radical (unpaired) electrons. The lowest BCUT2D eigenvalue weighted by Crippen LogP contribution is -2.43. The molecule has 6 nitrogen and oxygen atoms in total. The van der Waals surface area contributed by atoms with Crippen LogP contribution < -0.4 is 5.43 Å². The third-order valence-corrected chi connectivity index (χ3v) is 7.01. The Hall–Kier alpha value is -4.23. The van der Waals surface area contributed by atoms with Gasteiger partial charge in [0, 0.05) is 32.9 Å². The van der Waals surface area contributed by atoms with Crippen molar-refractivity contribution < 1.29 is 9.90 Å². The number of hydrazone groups is 1. The van der Waals surface area contributed by atoms with Gasteiger partial charge in [0.2, 0.25) is 0 Å². The second-order valence-electron chi connectivity index (χ2n) is 8.84. The zero-order valence-corrected chi connectivity index (χ0v) is 22.2. The molecule has 5 rings (SSSR count). The first-order valence-corrected chi connectivity index (χ1v) is 12.9. The summed E-state index contributed by atoms with van der Waals surface area (Å²) in [4.78, 5) is 13.4. The number of aromatic nitrogens is 2. The first kappa shape index (κ1) is 26.4. The van der Waals surface area contributed by atoms with E-state index in [-0.39, 0.29) is 0 Å². The van der Waals surface area contributed by atoms with Gasteiger partial charge < -0.3 is 5.11 Å². The summed E-state index contributed by atoms with van der Waals surface area (Å²) in [5.41, 5.74) is 4.39. The van der Waals surface area contributed by atoms with Crippen molar-refractivity contribution in [2.75, 3.05) is 0 Å². The summed E-state index contributed by atoms with van der Waals surface area (Å²) in [6, 6.07) is 32.5. The third kappa shape index (κ3) is 5.64. The molecule has 0 spiro atoms. The fourth-order valence-corrected chi connectivity index (χ4v) is 4.82. The average molecular weight is 555 g/mol. The van der Waals surface area contributed by atoms with E-state index in [4.69, 9.17) is 28.3 Å². The summed E-state index contributed by atoms with van der Waals surface area (Å²) in [5.74, 6) is -0.687. The lowest BCUT2D eigenvalue weighted by atomic mass is 9.85. The van der Waals surface area contributed by atoms with Crippen LogP contribution in [0.25, 0.3) is 11.3 Å². The summed E-state index contributed by atoms with van der Waals surface area (Å²) in [6.45, 7) is 0.348. The number of benzene rings is 4. The lowest BCUT2D eigenvalue weighted by molar-refractivity contribution is -0.136. The van der Waals surface area contributed by atoms with Crippen molar-refractivity contribution >= 4 is 35.3 Å². The van der Waals surface area contributed by atoms with Crippen LogP contribution in [-0.4, -0.2) is 27.0 Å². The minimum atomic E-state index is -1.94. The van der Waals surface area contributed by atoms with Gasteiger partial charge in [-0.2, -0.15) is 10.2 Å². The molecule has 1 amide bonds. The van der Waals surface area contributed by atoms with E-state index >= 15 is 0 Å². The predicted molar refractivity (Wildman–Crippen MR) is 155 cm³/mol. The number of hydrogen-bond acceptors (Lipinski definition) is 4. The number of amides is 1. The van der Waals surface area contributed by atoms with Gasteiger partial charge in [-0.3, -0.25) is 9.48 Å². The normalized spacial score (nSPS) is 11.6. The molecule has 0 atom stereocenters. The Kier molecular flexibility index (Phi) is 7.89. The number of rotatable bonds is 8. The van der Waals surface area contributed by atoms with Crippen molar-refractivity contribution in [3.63, 3.8) is 0 Å². The van der Waals surface area contributed by atoms with Gasteiger partial charge in [0.15, 0.2) is 5.60 Å². The van der Waals surface area contributed by atoms with E-state index in [0.717, 1.165) is 11.1 Å². The van der Waals surface area contributed by atoms with E-state index in [1.807, 2.05) is 42.5 Å². The number of carbonyl (C=O) groups excluding carboxylic acids is 1. The van der Waals surface area contributed by atoms with Crippen molar-refractivity contribution in [1.29, 1.82) is 0 Å². The van der Waals surface area contributed by atoms with Gasteiger partial charge in [0.25, 0.3) is 5.91 Å². The highest BCUT2D eigenvalue weighted by atomic mass is 35.5. The molecule has 1 aromatic heterocycles. The van der Waals surface area contributed by atoms with Crippen molar-refractivity contribution in [2.45, 2.75) is 12.1 Å². The number of hydrogen-bond donors (Lipinski definition) is 2. The Morgan fingerprint density at radius 3 is 1.95 bits per heavy atom. The summed E-state index contributed by atoms with van der Waals surface area (Å²) in [6.07, 6.45) is 3.31. The minimum absolute atomic E-state index is 0.348. The zero-order valence-electron chi connectivity index (χ0n) is 20.7. The summed E-state index contributed by atoms with van der Waals surface area (Å²) < 4.78 is 1.73. The molecule has 0 saturated heterocycles. The zero-order chi connectivity index (χ0) is 27.2. The van der Waals surface area contributed by atoms with Crippen LogP contribution in [0, 0.1) is 0 Å². The monoisotopic (exact) mass is 554 g/mol. The molecule has 0 fully saturated rings. The number of halogens is 2. The van der Waals surface area contributed by atoms with Crippen molar-refractivity contribution in [3.05, 3.63) is 148 Å². The molecule has 0 bridgehead atoms. The van der Waals surface area contributed by atoms with E-state index in [9.17, 15) is 9.90 Å². The maximum absolute atomic E-state index is 13.4. The van der Waals surface area contributed by atoms with Crippen molar-refractivity contribution in [2.24, 2.45) is 5.10 Å². The fraction of sp³-hybridized carbons (Fsp3) is 0.0645. The first-order chi connectivity index (χ1) is 19.0. The molecule has 0 aliphatic carbocycles. The standard InChI is InChI=1S/C31H24Cl2N4O2/c32-27-17-10-18-28(33)26(27)21-37-20-23(29(36-37)22-11-4-1-5-12-22)19-34-35-30(38)31(39,24-13-6-2-7-14-24)25-15-8-3-9-16-25/h1-20,39H,21H2,(H,35,38)/b34-19-. The van der Waals surface area contributed by atoms with Crippen LogP contribution in [0.1, 0.15) is 22.3 Å². The topological polar surface area (TPSA) is 79.5 Å². The van der Waals surface area contributed by atoms with Crippen molar-refractivity contribution in [1.82, 2.24) is 15.2 Å². The Morgan fingerprint density at radius 2 is 1.38 bits per heavy atom. The van der Waals surface area contributed by atoms with Crippen LogP contribution in [0.4, 0.5) is 0 Å². The molecular weight excluding hydrogens is 531 g/mol. The molecule has 0 aliphatic rings. The maximum Gasteiger partial charge on any atom is 0.281 e. The average Bonchev–Trinajstić information content (AvgIpc) is 3.38. The molecule has 1 heterocycles. The molecule has 39 heavy (non-hydrogen) atoms. The highest BCUT2D eigenvalue weighted by molar-refractivity contribution is 6.36. The Labute approximate surface area is 236 Å². The predicted octanol–water partition coefficient (Wildman–Crippen LogP) is 6.29. The van der Waals surface area contributed by atoms with E-state index in [1.54, 1.807) is 77.6 Å². The van der Waals surface area contributed by atoms with Crippen LogP contribution in [0.2, 0.25) is 10.0 Å². The highest BCUT2D eigenvalue weighted by Crippen LogP contribution is 2.30. The molecule has 5 aromatic rings.